The van der Waals surface area contributed by atoms with E-state index in [4.69, 9.17) is 0 Å². The maximum absolute atomic E-state index is 13.5. The van der Waals surface area contributed by atoms with Crippen LogP contribution in [0.5, 0.6) is 0 Å². The van der Waals surface area contributed by atoms with Gasteiger partial charge in [-0.05, 0) is 57.2 Å². The third-order valence-electron chi connectivity index (χ3n) is 3.18. The van der Waals surface area contributed by atoms with E-state index in [-0.39, 0.29) is 11.5 Å². The third-order valence-corrected chi connectivity index (χ3v) is 3.18. The number of nitrogens with one attached hydrogen (secondary N) is 1. The first kappa shape index (κ1) is 12.5. The molecule has 0 aromatic heterocycles. The smallest absolute Gasteiger partial charge is 0.129 e. The van der Waals surface area contributed by atoms with Crippen molar-refractivity contribution in [3.05, 3.63) is 35.4 Å². The highest BCUT2D eigenvalue weighted by Crippen LogP contribution is 2.48. The second kappa shape index (κ2) is 4.37. The molecule has 1 fully saturated rings. The van der Waals surface area contributed by atoms with Crippen molar-refractivity contribution in [2.75, 3.05) is 6.54 Å². The Morgan fingerprint density at radius 2 is 2.00 bits per heavy atom. The van der Waals surface area contributed by atoms with E-state index in [0.29, 0.717) is 11.5 Å². The second-order valence-electron chi connectivity index (χ2n) is 5.90. The first-order valence-corrected chi connectivity index (χ1v) is 6.07. The van der Waals surface area contributed by atoms with Crippen molar-refractivity contribution in [1.82, 2.24) is 5.32 Å². The van der Waals surface area contributed by atoms with Crippen molar-refractivity contribution in [2.45, 2.75) is 38.6 Å². The van der Waals surface area contributed by atoms with E-state index in [1.54, 1.807) is 6.07 Å². The van der Waals surface area contributed by atoms with Crippen LogP contribution in [0.4, 0.5) is 8.78 Å². The summed E-state index contributed by atoms with van der Waals surface area (Å²) in [4.78, 5) is 0. The molecule has 1 aliphatic carbocycles. The Morgan fingerprint density at radius 3 is 2.59 bits per heavy atom. The zero-order chi connectivity index (χ0) is 12.6. The van der Waals surface area contributed by atoms with Gasteiger partial charge >= 0.3 is 0 Å². The summed E-state index contributed by atoms with van der Waals surface area (Å²) < 4.78 is 26.3. The van der Waals surface area contributed by atoms with E-state index in [1.807, 2.05) is 0 Å². The summed E-state index contributed by atoms with van der Waals surface area (Å²) in [5.41, 5.74) is 0.751. The molecule has 0 bridgehead atoms. The maximum atomic E-state index is 13.5. The highest BCUT2D eigenvalue weighted by atomic mass is 19.1. The first-order valence-electron chi connectivity index (χ1n) is 6.07. The van der Waals surface area contributed by atoms with Crippen molar-refractivity contribution < 1.29 is 8.78 Å². The lowest BCUT2D eigenvalue weighted by atomic mass is 10.1. The van der Waals surface area contributed by atoms with Crippen molar-refractivity contribution in [3.63, 3.8) is 0 Å². The van der Waals surface area contributed by atoms with Gasteiger partial charge in [0.15, 0.2) is 0 Å². The van der Waals surface area contributed by atoms with Crippen LogP contribution in [0.1, 0.15) is 38.7 Å². The molecule has 0 heterocycles. The van der Waals surface area contributed by atoms with E-state index in [2.05, 4.69) is 26.1 Å². The maximum Gasteiger partial charge on any atom is 0.129 e. The SMILES string of the molecule is CC(C)(C)NCC1CC1c1ccc(F)cc1F. The molecule has 0 spiro atoms. The third kappa shape index (κ3) is 3.25. The predicted molar refractivity (Wildman–Crippen MR) is 65.0 cm³/mol. The van der Waals surface area contributed by atoms with Crippen LogP contribution in [0, 0.1) is 17.6 Å². The van der Waals surface area contributed by atoms with Crippen LogP contribution < -0.4 is 5.32 Å². The second-order valence-corrected chi connectivity index (χ2v) is 5.90. The van der Waals surface area contributed by atoms with Crippen LogP contribution >= 0.6 is 0 Å². The normalized spacial score (nSPS) is 23.8. The Balaban J connectivity index is 1.94. The van der Waals surface area contributed by atoms with Crippen LogP contribution in [0.3, 0.4) is 0 Å². The zero-order valence-corrected chi connectivity index (χ0v) is 10.6. The number of halogens is 2. The average molecular weight is 239 g/mol. The summed E-state index contributed by atoms with van der Waals surface area (Å²) in [7, 11) is 0. The van der Waals surface area contributed by atoms with Crippen LogP contribution in [0.15, 0.2) is 18.2 Å². The first-order chi connectivity index (χ1) is 7.87. The standard InChI is InChI=1S/C14H19F2N/c1-14(2,3)17-8-9-6-12(9)11-5-4-10(15)7-13(11)16/h4-5,7,9,12,17H,6,8H2,1-3H3. The molecule has 17 heavy (non-hydrogen) atoms. The summed E-state index contributed by atoms with van der Waals surface area (Å²) in [6.45, 7) is 7.24. The number of benzene rings is 1. The van der Waals surface area contributed by atoms with Crippen molar-refractivity contribution in [1.29, 1.82) is 0 Å². The Kier molecular flexibility index (Phi) is 3.21. The molecule has 1 aromatic rings. The molecule has 1 N–H and O–H groups in total. The molecule has 0 aliphatic heterocycles. The fraction of sp³-hybridized carbons (Fsp3) is 0.571. The average Bonchev–Trinajstić information content (AvgIpc) is 2.93. The summed E-state index contributed by atoms with van der Waals surface area (Å²) in [5.74, 6) is -0.177. The molecule has 94 valence electrons. The molecule has 3 heteroatoms. The van der Waals surface area contributed by atoms with Crippen LogP contribution in [-0.2, 0) is 0 Å². The molecule has 1 aromatic carbocycles. The Hall–Kier alpha value is -0.960. The molecule has 0 saturated heterocycles. The number of hydrogen-bond acceptors (Lipinski definition) is 1. The molecule has 2 rings (SSSR count). The van der Waals surface area contributed by atoms with Gasteiger partial charge in [0.2, 0.25) is 0 Å². The topological polar surface area (TPSA) is 12.0 Å². The molecule has 1 aliphatic rings. The van der Waals surface area contributed by atoms with Gasteiger partial charge in [0.05, 0.1) is 0 Å². The summed E-state index contributed by atoms with van der Waals surface area (Å²) in [6.07, 6.45) is 0.992. The summed E-state index contributed by atoms with van der Waals surface area (Å²) in [5, 5.41) is 3.42. The largest absolute Gasteiger partial charge is 0.312 e. The molecule has 1 saturated carbocycles. The lowest BCUT2D eigenvalue weighted by Crippen LogP contribution is -2.37. The van der Waals surface area contributed by atoms with Crippen molar-refractivity contribution in [2.24, 2.45) is 5.92 Å². The van der Waals surface area contributed by atoms with Gasteiger partial charge in [0.25, 0.3) is 0 Å². The van der Waals surface area contributed by atoms with Crippen LogP contribution in [0.2, 0.25) is 0 Å². The lowest BCUT2D eigenvalue weighted by Gasteiger charge is -2.20. The van der Waals surface area contributed by atoms with E-state index >= 15 is 0 Å². The predicted octanol–water partition coefficient (Wildman–Crippen LogP) is 3.46. The molecular formula is C14H19F2N. The minimum atomic E-state index is -0.503. The van der Waals surface area contributed by atoms with Gasteiger partial charge in [-0.2, -0.15) is 0 Å². The Labute approximate surface area is 101 Å². The fourth-order valence-corrected chi connectivity index (χ4v) is 2.09. The number of rotatable bonds is 3. The lowest BCUT2D eigenvalue weighted by molar-refractivity contribution is 0.413. The zero-order valence-electron chi connectivity index (χ0n) is 10.6. The van der Waals surface area contributed by atoms with Gasteiger partial charge in [0.1, 0.15) is 11.6 Å². The van der Waals surface area contributed by atoms with Gasteiger partial charge < -0.3 is 5.32 Å². The van der Waals surface area contributed by atoms with Gasteiger partial charge in [0, 0.05) is 11.6 Å². The van der Waals surface area contributed by atoms with Gasteiger partial charge in [-0.1, -0.05) is 6.07 Å². The van der Waals surface area contributed by atoms with Crippen LogP contribution in [-0.4, -0.2) is 12.1 Å². The number of hydrogen-bond donors (Lipinski definition) is 1. The van der Waals surface area contributed by atoms with E-state index in [0.717, 1.165) is 19.0 Å². The minimum absolute atomic E-state index is 0.0917. The minimum Gasteiger partial charge on any atom is -0.312 e. The van der Waals surface area contributed by atoms with Gasteiger partial charge in [-0.15, -0.1) is 0 Å². The van der Waals surface area contributed by atoms with E-state index < -0.39 is 11.6 Å². The van der Waals surface area contributed by atoms with Crippen molar-refractivity contribution >= 4 is 0 Å². The van der Waals surface area contributed by atoms with Gasteiger partial charge in [-0.3, -0.25) is 0 Å². The Bertz CT molecular complexity index is 409. The quantitative estimate of drug-likeness (QED) is 0.851. The molecular weight excluding hydrogens is 220 g/mol. The Morgan fingerprint density at radius 1 is 1.29 bits per heavy atom. The van der Waals surface area contributed by atoms with E-state index in [9.17, 15) is 8.78 Å². The van der Waals surface area contributed by atoms with E-state index in [1.165, 1.54) is 6.07 Å². The molecule has 0 amide bonds. The van der Waals surface area contributed by atoms with Crippen LogP contribution in [0.25, 0.3) is 0 Å². The molecule has 2 atom stereocenters. The monoisotopic (exact) mass is 239 g/mol. The molecule has 2 unspecified atom stereocenters. The highest BCUT2D eigenvalue weighted by molar-refractivity contribution is 5.28. The summed E-state index contributed by atoms with van der Waals surface area (Å²) >= 11 is 0. The molecule has 0 radical (unpaired) electrons. The van der Waals surface area contributed by atoms with Gasteiger partial charge in [-0.25, -0.2) is 8.78 Å². The summed E-state index contributed by atoms with van der Waals surface area (Å²) in [6, 6.07) is 3.89. The fourth-order valence-electron chi connectivity index (χ4n) is 2.09. The molecule has 1 nitrogen and oxygen atoms in total. The highest BCUT2D eigenvalue weighted by Gasteiger charge is 2.39. The van der Waals surface area contributed by atoms with Crippen molar-refractivity contribution in [3.8, 4) is 0 Å².